The van der Waals surface area contributed by atoms with Crippen LogP contribution in [0.3, 0.4) is 0 Å². The Labute approximate surface area is 235 Å². The lowest BCUT2D eigenvalue weighted by atomic mass is 9.84. The second kappa shape index (κ2) is 14.3. The molecule has 4 aromatic rings. The van der Waals surface area contributed by atoms with Crippen LogP contribution in [0.25, 0.3) is 0 Å². The zero-order valence-electron chi connectivity index (χ0n) is 22.4. The zero-order chi connectivity index (χ0) is 27.6. The van der Waals surface area contributed by atoms with Gasteiger partial charge < -0.3 is 29.2 Å². The van der Waals surface area contributed by atoms with Crippen molar-refractivity contribution in [3.8, 4) is 0 Å². The summed E-state index contributed by atoms with van der Waals surface area (Å²) < 4.78 is 25.5. The van der Waals surface area contributed by atoms with Crippen molar-refractivity contribution in [2.75, 3.05) is 0 Å². The fourth-order valence-corrected chi connectivity index (χ4v) is 4.98. The van der Waals surface area contributed by atoms with Crippen LogP contribution >= 0.6 is 0 Å². The maximum absolute atomic E-state index is 11.4. The summed E-state index contributed by atoms with van der Waals surface area (Å²) in [4.78, 5) is 0. The highest BCUT2D eigenvalue weighted by atomic mass is 16.6. The number of hydrogen-bond donors (Lipinski definition) is 2. The van der Waals surface area contributed by atoms with Crippen molar-refractivity contribution < 1.29 is 29.2 Å². The minimum atomic E-state index is -1.25. The molecule has 6 heteroatoms. The molecule has 1 fully saturated rings. The molecule has 0 spiro atoms. The summed E-state index contributed by atoms with van der Waals surface area (Å²) >= 11 is 0. The predicted octanol–water partition coefficient (Wildman–Crippen LogP) is 5.06. The lowest BCUT2D eigenvalue weighted by Crippen LogP contribution is -2.66. The smallest absolute Gasteiger partial charge is 0.116 e. The summed E-state index contributed by atoms with van der Waals surface area (Å²) in [5, 5.41) is 22.7. The van der Waals surface area contributed by atoms with Gasteiger partial charge in [-0.2, -0.15) is 0 Å². The molecule has 0 radical (unpaired) electrons. The van der Waals surface area contributed by atoms with E-state index in [-0.39, 0.29) is 26.4 Å². The molecule has 0 amide bonds. The van der Waals surface area contributed by atoms with Crippen molar-refractivity contribution in [1.29, 1.82) is 0 Å². The van der Waals surface area contributed by atoms with Crippen LogP contribution in [0.4, 0.5) is 0 Å². The van der Waals surface area contributed by atoms with Crippen LogP contribution in [0.15, 0.2) is 121 Å². The van der Waals surface area contributed by atoms with Gasteiger partial charge in [0.2, 0.25) is 0 Å². The normalized spacial score (nSPS) is 24.6. The molecule has 1 aliphatic carbocycles. The quantitative estimate of drug-likeness (QED) is 0.262. The minimum absolute atomic E-state index is 0.251. The first-order valence-electron chi connectivity index (χ1n) is 13.7. The first-order chi connectivity index (χ1) is 19.7. The van der Waals surface area contributed by atoms with E-state index in [0.29, 0.717) is 0 Å². The molecule has 6 nitrogen and oxygen atoms in total. The molecular weight excluding hydrogens is 504 g/mol. The zero-order valence-corrected chi connectivity index (χ0v) is 22.4. The number of rotatable bonds is 12. The first kappa shape index (κ1) is 28.2. The average Bonchev–Trinajstić information content (AvgIpc) is 3.01. The van der Waals surface area contributed by atoms with Gasteiger partial charge in [0.15, 0.2) is 0 Å². The highest BCUT2D eigenvalue weighted by Crippen LogP contribution is 2.32. The van der Waals surface area contributed by atoms with E-state index >= 15 is 0 Å². The number of aliphatic hydroxyl groups excluding tert-OH is 2. The van der Waals surface area contributed by atoms with Crippen molar-refractivity contribution in [3.05, 3.63) is 144 Å². The lowest BCUT2D eigenvalue weighted by molar-refractivity contribution is -0.273. The van der Waals surface area contributed by atoms with Gasteiger partial charge in [-0.25, -0.2) is 0 Å². The molecule has 40 heavy (non-hydrogen) atoms. The second-order valence-electron chi connectivity index (χ2n) is 10.0. The van der Waals surface area contributed by atoms with E-state index in [9.17, 15) is 10.2 Å². The number of ether oxygens (including phenoxy) is 4. The maximum Gasteiger partial charge on any atom is 0.116 e. The van der Waals surface area contributed by atoms with E-state index in [1.54, 1.807) is 0 Å². The van der Waals surface area contributed by atoms with Gasteiger partial charge in [0, 0.05) is 0 Å². The minimum Gasteiger partial charge on any atom is -0.387 e. The molecule has 0 bridgehead atoms. The molecule has 0 heterocycles. The van der Waals surface area contributed by atoms with Gasteiger partial charge in [0.05, 0.1) is 26.4 Å². The molecule has 5 rings (SSSR count). The molecule has 2 N–H and O–H groups in total. The van der Waals surface area contributed by atoms with Crippen LogP contribution in [0, 0.1) is 0 Å². The molecule has 1 saturated carbocycles. The van der Waals surface area contributed by atoms with Crippen molar-refractivity contribution in [2.45, 2.75) is 63.1 Å². The molecule has 208 valence electrons. The van der Waals surface area contributed by atoms with Crippen molar-refractivity contribution in [1.82, 2.24) is 0 Å². The molecule has 1 aliphatic rings. The Morgan fingerprint density at radius 1 is 0.350 bits per heavy atom. The Balaban J connectivity index is 1.42. The van der Waals surface area contributed by atoms with Gasteiger partial charge in [-0.05, 0) is 22.3 Å². The third-order valence-electron chi connectivity index (χ3n) is 7.14. The van der Waals surface area contributed by atoms with E-state index in [1.165, 1.54) is 0 Å². The van der Waals surface area contributed by atoms with Crippen LogP contribution in [-0.4, -0.2) is 46.8 Å². The largest absolute Gasteiger partial charge is 0.387 e. The Hall–Kier alpha value is -3.36. The topological polar surface area (TPSA) is 77.4 Å². The van der Waals surface area contributed by atoms with Gasteiger partial charge in [-0.3, -0.25) is 0 Å². The van der Waals surface area contributed by atoms with Crippen LogP contribution in [0.1, 0.15) is 22.3 Å². The summed E-state index contributed by atoms with van der Waals surface area (Å²) in [6.07, 6.45) is -5.63. The monoisotopic (exact) mass is 540 g/mol. The summed E-state index contributed by atoms with van der Waals surface area (Å²) in [5.74, 6) is 0. The van der Waals surface area contributed by atoms with E-state index < -0.39 is 36.6 Å². The SMILES string of the molecule is O[C@@H]1[C@H](O)[C@@H](OCc2ccccc2)[C@H](OCc2ccccc2)[C@@H](OCc2ccccc2)[C@H]1OCc1ccccc1. The van der Waals surface area contributed by atoms with Crippen LogP contribution < -0.4 is 0 Å². The first-order valence-corrected chi connectivity index (χ1v) is 13.7. The Morgan fingerprint density at radius 3 is 0.825 bits per heavy atom. The summed E-state index contributed by atoms with van der Waals surface area (Å²) in [6.45, 7) is 1.08. The van der Waals surface area contributed by atoms with E-state index in [2.05, 4.69) is 0 Å². The van der Waals surface area contributed by atoms with Crippen LogP contribution in [0.2, 0.25) is 0 Å². The van der Waals surface area contributed by atoms with Crippen LogP contribution in [-0.2, 0) is 45.4 Å². The molecule has 4 aromatic carbocycles. The third-order valence-corrected chi connectivity index (χ3v) is 7.14. The average molecular weight is 541 g/mol. The van der Waals surface area contributed by atoms with Gasteiger partial charge in [0.25, 0.3) is 0 Å². The van der Waals surface area contributed by atoms with E-state index in [1.807, 2.05) is 121 Å². The summed E-state index contributed by atoms with van der Waals surface area (Å²) in [5.41, 5.74) is 3.87. The highest BCUT2D eigenvalue weighted by molar-refractivity contribution is 5.17. The fourth-order valence-electron chi connectivity index (χ4n) is 4.98. The third kappa shape index (κ3) is 7.43. The molecule has 0 saturated heterocycles. The lowest BCUT2D eigenvalue weighted by Gasteiger charge is -2.47. The Kier molecular flexibility index (Phi) is 10.1. The Bertz CT molecular complexity index is 1150. The fraction of sp³-hybridized carbons (Fsp3) is 0.294. The number of benzene rings is 4. The van der Waals surface area contributed by atoms with Crippen LogP contribution in [0.5, 0.6) is 0 Å². The number of hydrogen-bond acceptors (Lipinski definition) is 6. The van der Waals surface area contributed by atoms with Gasteiger partial charge in [-0.1, -0.05) is 121 Å². The van der Waals surface area contributed by atoms with Gasteiger partial charge in [0.1, 0.15) is 36.6 Å². The highest BCUT2D eigenvalue weighted by Gasteiger charge is 2.52. The van der Waals surface area contributed by atoms with Crippen molar-refractivity contribution >= 4 is 0 Å². The second-order valence-corrected chi connectivity index (χ2v) is 10.0. The van der Waals surface area contributed by atoms with Gasteiger partial charge in [-0.15, -0.1) is 0 Å². The number of aliphatic hydroxyl groups is 2. The Morgan fingerprint density at radius 2 is 0.575 bits per heavy atom. The standard InChI is InChI=1S/C34H36O6/c35-29-30(36)32(38-22-26-15-7-2-8-16-26)34(40-24-28-19-11-4-12-20-28)33(39-23-27-17-9-3-10-18-27)31(29)37-21-25-13-5-1-6-14-25/h1-20,29-36H,21-24H2/t29-,30+,31+,32-,33-,34-/m0/s1. The molecule has 0 aromatic heterocycles. The predicted molar refractivity (Wildman–Crippen MR) is 152 cm³/mol. The van der Waals surface area contributed by atoms with E-state index in [0.717, 1.165) is 22.3 Å². The molecule has 6 atom stereocenters. The van der Waals surface area contributed by atoms with Crippen molar-refractivity contribution in [3.63, 3.8) is 0 Å². The molecule has 0 aliphatic heterocycles. The summed E-state index contributed by atoms with van der Waals surface area (Å²) in [7, 11) is 0. The van der Waals surface area contributed by atoms with Gasteiger partial charge >= 0.3 is 0 Å². The molecular formula is C34H36O6. The maximum atomic E-state index is 11.4. The van der Waals surface area contributed by atoms with Crippen molar-refractivity contribution in [2.24, 2.45) is 0 Å². The molecule has 0 unspecified atom stereocenters. The van der Waals surface area contributed by atoms with E-state index in [4.69, 9.17) is 18.9 Å². The summed E-state index contributed by atoms with van der Waals surface area (Å²) in [6, 6.07) is 39.1.